The second-order valence-electron chi connectivity index (χ2n) is 5.57. The predicted molar refractivity (Wildman–Crippen MR) is 101 cm³/mol. The van der Waals surface area contributed by atoms with E-state index in [0.717, 1.165) is 11.1 Å². The molecule has 0 saturated carbocycles. The maximum atomic E-state index is 12.3. The number of guanidine groups is 1. The normalized spacial score (nSPS) is 12.0. The lowest BCUT2D eigenvalue weighted by atomic mass is 10.2. The number of thiophene rings is 1. The molecule has 0 aliphatic heterocycles. The van der Waals surface area contributed by atoms with Crippen molar-refractivity contribution in [2.45, 2.75) is 26.2 Å². The molecule has 0 atom stereocenters. The van der Waals surface area contributed by atoms with Gasteiger partial charge in [-0.05, 0) is 47.0 Å². The average molecular weight is 401 g/mol. The molecule has 27 heavy (non-hydrogen) atoms. The summed E-state index contributed by atoms with van der Waals surface area (Å²) >= 11 is 1.62. The van der Waals surface area contributed by atoms with Gasteiger partial charge >= 0.3 is 6.18 Å². The van der Waals surface area contributed by atoms with Gasteiger partial charge in [-0.2, -0.15) is 24.5 Å². The third-order valence-corrected chi connectivity index (χ3v) is 4.16. The van der Waals surface area contributed by atoms with E-state index in [-0.39, 0.29) is 11.5 Å². The largest absolute Gasteiger partial charge is 0.493 e. The van der Waals surface area contributed by atoms with Crippen LogP contribution in [-0.4, -0.2) is 32.4 Å². The monoisotopic (exact) mass is 401 g/mol. The Morgan fingerprint density at radius 2 is 1.96 bits per heavy atom. The SMILES string of the molecule is CCNC(=NCc1ccsc1)NCc1ccc(OCC(F)(F)F)c(OC)c1. The van der Waals surface area contributed by atoms with Crippen molar-refractivity contribution in [1.82, 2.24) is 10.6 Å². The van der Waals surface area contributed by atoms with Crippen LogP contribution in [-0.2, 0) is 13.1 Å². The molecule has 0 bridgehead atoms. The number of rotatable bonds is 8. The van der Waals surface area contributed by atoms with Crippen molar-refractivity contribution in [2.75, 3.05) is 20.3 Å². The number of nitrogens with one attached hydrogen (secondary N) is 2. The van der Waals surface area contributed by atoms with E-state index in [4.69, 9.17) is 9.47 Å². The Labute approximate surface area is 160 Å². The topological polar surface area (TPSA) is 54.9 Å². The van der Waals surface area contributed by atoms with Gasteiger partial charge in [0.25, 0.3) is 0 Å². The summed E-state index contributed by atoms with van der Waals surface area (Å²) in [5.41, 5.74) is 1.96. The molecule has 1 aromatic carbocycles. The van der Waals surface area contributed by atoms with Crippen LogP contribution in [0.5, 0.6) is 11.5 Å². The van der Waals surface area contributed by atoms with Crippen molar-refractivity contribution in [3.63, 3.8) is 0 Å². The molecule has 2 rings (SSSR count). The Morgan fingerprint density at radius 1 is 1.15 bits per heavy atom. The highest BCUT2D eigenvalue weighted by Crippen LogP contribution is 2.29. The van der Waals surface area contributed by atoms with Gasteiger partial charge in [0.05, 0.1) is 13.7 Å². The van der Waals surface area contributed by atoms with E-state index < -0.39 is 12.8 Å². The van der Waals surface area contributed by atoms with Crippen LogP contribution >= 0.6 is 11.3 Å². The van der Waals surface area contributed by atoms with E-state index in [1.807, 2.05) is 23.8 Å². The average Bonchev–Trinajstić information content (AvgIpc) is 3.15. The fraction of sp³-hybridized carbons (Fsp3) is 0.389. The second-order valence-corrected chi connectivity index (χ2v) is 6.35. The molecule has 0 unspecified atom stereocenters. The van der Waals surface area contributed by atoms with E-state index in [2.05, 4.69) is 15.6 Å². The fourth-order valence-electron chi connectivity index (χ4n) is 2.18. The van der Waals surface area contributed by atoms with E-state index in [1.165, 1.54) is 13.2 Å². The van der Waals surface area contributed by atoms with Gasteiger partial charge < -0.3 is 20.1 Å². The number of benzene rings is 1. The van der Waals surface area contributed by atoms with Gasteiger partial charge in [0.15, 0.2) is 24.1 Å². The minimum atomic E-state index is -4.40. The van der Waals surface area contributed by atoms with Gasteiger partial charge in [-0.25, -0.2) is 4.99 Å². The number of nitrogens with zero attached hydrogens (tertiary/aromatic N) is 1. The van der Waals surface area contributed by atoms with Crippen molar-refractivity contribution in [3.05, 3.63) is 46.2 Å². The zero-order valence-corrected chi connectivity index (χ0v) is 15.9. The standard InChI is InChI=1S/C18H22F3N3O2S/c1-3-22-17(24-10-14-6-7-27-11-14)23-9-13-4-5-15(16(8-13)25-2)26-12-18(19,20)21/h4-8,11H,3,9-10,12H2,1-2H3,(H2,22,23,24). The third-order valence-electron chi connectivity index (χ3n) is 3.42. The van der Waals surface area contributed by atoms with E-state index in [0.29, 0.717) is 25.6 Å². The van der Waals surface area contributed by atoms with Gasteiger partial charge in [-0.1, -0.05) is 6.07 Å². The molecule has 0 aliphatic rings. The molecule has 0 fully saturated rings. The first-order chi connectivity index (χ1) is 12.9. The van der Waals surface area contributed by atoms with Gasteiger partial charge in [-0.3, -0.25) is 0 Å². The predicted octanol–water partition coefficient (Wildman–Crippen LogP) is 3.95. The van der Waals surface area contributed by atoms with Crippen molar-refractivity contribution in [1.29, 1.82) is 0 Å². The summed E-state index contributed by atoms with van der Waals surface area (Å²) in [4.78, 5) is 4.51. The van der Waals surface area contributed by atoms with Gasteiger partial charge in [0.1, 0.15) is 0 Å². The highest BCUT2D eigenvalue weighted by Gasteiger charge is 2.29. The minimum absolute atomic E-state index is 0.0524. The summed E-state index contributed by atoms with van der Waals surface area (Å²) in [5.74, 6) is 0.954. The molecule has 1 heterocycles. The van der Waals surface area contributed by atoms with E-state index in [9.17, 15) is 13.2 Å². The van der Waals surface area contributed by atoms with Crippen molar-refractivity contribution in [2.24, 2.45) is 4.99 Å². The molecule has 0 saturated heterocycles. The molecule has 0 spiro atoms. The number of methoxy groups -OCH3 is 1. The first-order valence-electron chi connectivity index (χ1n) is 8.31. The highest BCUT2D eigenvalue weighted by molar-refractivity contribution is 7.07. The lowest BCUT2D eigenvalue weighted by Crippen LogP contribution is -2.36. The van der Waals surface area contributed by atoms with Crippen LogP contribution < -0.4 is 20.1 Å². The zero-order valence-electron chi connectivity index (χ0n) is 15.1. The summed E-state index contributed by atoms with van der Waals surface area (Å²) in [5, 5.41) is 10.4. The maximum Gasteiger partial charge on any atom is 0.422 e. The zero-order chi connectivity index (χ0) is 19.7. The summed E-state index contributed by atoms with van der Waals surface area (Å²) in [7, 11) is 1.39. The number of aliphatic imine (C=N–C) groups is 1. The Kier molecular flexibility index (Phi) is 7.78. The molecular formula is C18H22F3N3O2S. The maximum absolute atomic E-state index is 12.3. The molecule has 0 amide bonds. The lowest BCUT2D eigenvalue weighted by molar-refractivity contribution is -0.153. The Morgan fingerprint density at radius 3 is 2.59 bits per heavy atom. The van der Waals surface area contributed by atoms with Crippen molar-refractivity contribution >= 4 is 17.3 Å². The molecule has 2 aromatic rings. The van der Waals surface area contributed by atoms with E-state index in [1.54, 1.807) is 23.5 Å². The molecular weight excluding hydrogens is 379 g/mol. The van der Waals surface area contributed by atoms with Crippen LogP contribution in [0.15, 0.2) is 40.0 Å². The van der Waals surface area contributed by atoms with Gasteiger partial charge in [0, 0.05) is 13.1 Å². The Bertz CT molecular complexity index is 734. The Balaban J connectivity index is 1.99. The first-order valence-corrected chi connectivity index (χ1v) is 9.25. The molecule has 1 aromatic heterocycles. The molecule has 148 valence electrons. The Hall–Kier alpha value is -2.42. The van der Waals surface area contributed by atoms with Crippen LogP contribution in [0.1, 0.15) is 18.1 Å². The van der Waals surface area contributed by atoms with Crippen molar-refractivity contribution in [3.8, 4) is 11.5 Å². The summed E-state index contributed by atoms with van der Waals surface area (Å²) in [6.07, 6.45) is -4.40. The number of hydrogen-bond donors (Lipinski definition) is 2. The van der Waals surface area contributed by atoms with Crippen LogP contribution in [0, 0.1) is 0 Å². The minimum Gasteiger partial charge on any atom is -0.493 e. The van der Waals surface area contributed by atoms with Crippen LogP contribution in [0.25, 0.3) is 0 Å². The van der Waals surface area contributed by atoms with Gasteiger partial charge in [0.2, 0.25) is 0 Å². The number of ether oxygens (including phenoxy) is 2. The quantitative estimate of drug-likeness (QED) is 0.520. The highest BCUT2D eigenvalue weighted by atomic mass is 32.1. The van der Waals surface area contributed by atoms with Gasteiger partial charge in [-0.15, -0.1) is 0 Å². The smallest absolute Gasteiger partial charge is 0.422 e. The molecule has 0 aliphatic carbocycles. The fourth-order valence-corrected chi connectivity index (χ4v) is 2.84. The summed E-state index contributed by atoms with van der Waals surface area (Å²) < 4.78 is 46.9. The summed E-state index contributed by atoms with van der Waals surface area (Å²) in [6.45, 7) is 2.32. The summed E-state index contributed by atoms with van der Waals surface area (Å²) in [6, 6.07) is 6.81. The molecule has 0 radical (unpaired) electrons. The molecule has 9 heteroatoms. The number of halogens is 3. The first kappa shape index (κ1) is 20.9. The number of alkyl halides is 3. The van der Waals surface area contributed by atoms with Crippen LogP contribution in [0.2, 0.25) is 0 Å². The molecule has 2 N–H and O–H groups in total. The molecule has 5 nitrogen and oxygen atoms in total. The van der Waals surface area contributed by atoms with E-state index >= 15 is 0 Å². The second kappa shape index (κ2) is 10.1. The third kappa shape index (κ3) is 7.38. The van der Waals surface area contributed by atoms with Crippen LogP contribution in [0.4, 0.5) is 13.2 Å². The number of hydrogen-bond acceptors (Lipinski definition) is 4. The van der Waals surface area contributed by atoms with Crippen LogP contribution in [0.3, 0.4) is 0 Å². The lowest BCUT2D eigenvalue weighted by Gasteiger charge is -2.15. The van der Waals surface area contributed by atoms with Crippen molar-refractivity contribution < 1.29 is 22.6 Å².